The molecule has 3 rings (SSSR count). The Morgan fingerprint density at radius 1 is 1.06 bits per heavy atom. The number of hydrogen-bond acceptors (Lipinski definition) is 4. The molecule has 0 radical (unpaired) electrons. The van der Waals surface area contributed by atoms with E-state index in [9.17, 15) is 14.9 Å². The molecule has 6 nitrogen and oxygen atoms in total. The average Bonchev–Trinajstić information content (AvgIpc) is 2.82. The van der Waals surface area contributed by atoms with Gasteiger partial charge in [-0.15, -0.1) is 0 Å². The maximum absolute atomic E-state index is 12.5. The molecule has 0 unspecified atom stereocenters. The van der Waals surface area contributed by atoms with Crippen LogP contribution in [-0.4, -0.2) is 18.4 Å². The lowest BCUT2D eigenvalue weighted by Crippen LogP contribution is -2.24. The van der Waals surface area contributed by atoms with Crippen LogP contribution in [0, 0.1) is 11.3 Å². The van der Waals surface area contributed by atoms with Crippen LogP contribution in [0.2, 0.25) is 5.02 Å². The molecule has 0 aliphatic heterocycles. The summed E-state index contributed by atoms with van der Waals surface area (Å²) in [5.41, 5.74) is 1.90. The minimum atomic E-state index is -0.507. The van der Waals surface area contributed by atoms with Gasteiger partial charge in [-0.1, -0.05) is 57.9 Å². The summed E-state index contributed by atoms with van der Waals surface area (Å²) in [5, 5.41) is 15.5. The van der Waals surface area contributed by atoms with Crippen LogP contribution in [0.1, 0.15) is 11.1 Å². The van der Waals surface area contributed by atoms with Crippen LogP contribution in [-0.2, 0) is 16.1 Å². The molecule has 2 N–H and O–H groups in total. The molecule has 0 atom stereocenters. The average molecular weight is 525 g/mol. The van der Waals surface area contributed by atoms with Crippen molar-refractivity contribution in [1.29, 1.82) is 5.26 Å². The number of anilines is 1. The summed E-state index contributed by atoms with van der Waals surface area (Å²) >= 11 is 9.23. The van der Waals surface area contributed by atoms with E-state index in [1.807, 2.05) is 36.4 Å². The van der Waals surface area contributed by atoms with Gasteiger partial charge in [-0.05, 0) is 54.1 Å². The van der Waals surface area contributed by atoms with Crippen molar-refractivity contribution in [2.75, 3.05) is 11.9 Å². The van der Waals surface area contributed by atoms with Crippen molar-refractivity contribution in [3.05, 3.63) is 99.0 Å². The van der Waals surface area contributed by atoms with Crippen molar-refractivity contribution in [1.82, 2.24) is 5.32 Å². The van der Waals surface area contributed by atoms with E-state index in [-0.39, 0.29) is 18.1 Å². The molecule has 3 aromatic rings. The first-order chi connectivity index (χ1) is 15.9. The molecule has 0 aliphatic rings. The van der Waals surface area contributed by atoms with Crippen molar-refractivity contribution in [2.45, 2.75) is 6.54 Å². The quantitative estimate of drug-likeness (QED) is 0.307. The third kappa shape index (κ3) is 7.49. The second kappa shape index (κ2) is 11.9. The maximum Gasteiger partial charge on any atom is 0.262 e. The van der Waals surface area contributed by atoms with Crippen LogP contribution in [0.3, 0.4) is 0 Å². The Morgan fingerprint density at radius 2 is 1.79 bits per heavy atom. The molecule has 0 aromatic heterocycles. The van der Waals surface area contributed by atoms with E-state index in [1.165, 1.54) is 6.08 Å². The summed E-state index contributed by atoms with van der Waals surface area (Å²) in [5.74, 6) is -0.517. The van der Waals surface area contributed by atoms with E-state index in [4.69, 9.17) is 16.3 Å². The van der Waals surface area contributed by atoms with Crippen LogP contribution in [0.5, 0.6) is 5.75 Å². The van der Waals surface area contributed by atoms with Gasteiger partial charge in [0.25, 0.3) is 11.8 Å². The fourth-order valence-corrected chi connectivity index (χ4v) is 3.32. The van der Waals surface area contributed by atoms with Gasteiger partial charge in [-0.2, -0.15) is 5.26 Å². The Kier molecular flexibility index (Phi) is 8.64. The number of ether oxygens (including phenoxy) is 1. The molecule has 0 bridgehead atoms. The van der Waals surface area contributed by atoms with E-state index in [0.29, 0.717) is 28.6 Å². The number of amides is 2. The van der Waals surface area contributed by atoms with Crippen LogP contribution >= 0.6 is 27.5 Å². The van der Waals surface area contributed by atoms with Gasteiger partial charge in [-0.3, -0.25) is 9.59 Å². The summed E-state index contributed by atoms with van der Waals surface area (Å²) in [6.07, 6.45) is 1.43. The molecule has 8 heteroatoms. The minimum Gasteiger partial charge on any atom is -0.483 e. The first-order valence-electron chi connectivity index (χ1n) is 9.86. The molecule has 0 fully saturated rings. The van der Waals surface area contributed by atoms with E-state index in [0.717, 1.165) is 10.0 Å². The van der Waals surface area contributed by atoms with E-state index in [2.05, 4.69) is 26.6 Å². The summed E-state index contributed by atoms with van der Waals surface area (Å²) < 4.78 is 6.39. The van der Waals surface area contributed by atoms with Crippen molar-refractivity contribution in [3.63, 3.8) is 0 Å². The second-order valence-electron chi connectivity index (χ2n) is 6.86. The van der Waals surface area contributed by atoms with Crippen LogP contribution in [0.15, 0.2) is 82.8 Å². The minimum absolute atomic E-state index is 0.0838. The molecule has 0 aliphatic carbocycles. The number of halogens is 2. The van der Waals surface area contributed by atoms with Gasteiger partial charge < -0.3 is 15.4 Å². The molecule has 2 amide bonds. The van der Waals surface area contributed by atoms with Gasteiger partial charge in [0.2, 0.25) is 0 Å². The highest BCUT2D eigenvalue weighted by Gasteiger charge is 2.12. The van der Waals surface area contributed by atoms with Crippen LogP contribution in [0.4, 0.5) is 5.69 Å². The molecular formula is C25H19BrClN3O3. The Bertz CT molecular complexity index is 1210. The molecule has 0 saturated heterocycles. The number of carbonyl (C=O) groups is 2. The number of hydrogen-bond donors (Lipinski definition) is 2. The lowest BCUT2D eigenvalue weighted by molar-refractivity contribution is -0.118. The van der Waals surface area contributed by atoms with E-state index < -0.39 is 5.91 Å². The van der Waals surface area contributed by atoms with Gasteiger partial charge in [0, 0.05) is 27.3 Å². The molecular weight excluding hydrogens is 506 g/mol. The zero-order chi connectivity index (χ0) is 23.6. The summed E-state index contributed by atoms with van der Waals surface area (Å²) in [4.78, 5) is 24.8. The maximum atomic E-state index is 12.5. The molecule has 33 heavy (non-hydrogen) atoms. The number of rotatable bonds is 8. The highest BCUT2D eigenvalue weighted by Crippen LogP contribution is 2.26. The summed E-state index contributed by atoms with van der Waals surface area (Å²) in [6, 6.07) is 23.1. The Labute approximate surface area is 205 Å². The van der Waals surface area contributed by atoms with Gasteiger partial charge in [-0.25, -0.2) is 0 Å². The van der Waals surface area contributed by atoms with Crippen LogP contribution < -0.4 is 15.4 Å². The van der Waals surface area contributed by atoms with Crippen molar-refractivity contribution >= 4 is 51.1 Å². The highest BCUT2D eigenvalue weighted by molar-refractivity contribution is 9.10. The number of benzene rings is 3. The molecule has 0 heterocycles. The third-order valence-corrected chi connectivity index (χ3v) is 5.16. The number of nitrogens with zero attached hydrogens (tertiary/aromatic N) is 1. The largest absolute Gasteiger partial charge is 0.483 e. The van der Waals surface area contributed by atoms with Crippen molar-refractivity contribution in [3.8, 4) is 11.8 Å². The third-order valence-electron chi connectivity index (χ3n) is 4.42. The molecule has 166 valence electrons. The summed E-state index contributed by atoms with van der Waals surface area (Å²) in [7, 11) is 0. The fourth-order valence-electron chi connectivity index (χ4n) is 2.81. The smallest absolute Gasteiger partial charge is 0.262 e. The first kappa shape index (κ1) is 24.1. The molecule has 0 saturated carbocycles. The zero-order valence-electron chi connectivity index (χ0n) is 17.3. The summed E-state index contributed by atoms with van der Waals surface area (Å²) in [6.45, 7) is 0.0403. The Morgan fingerprint density at radius 3 is 2.48 bits per heavy atom. The predicted molar refractivity (Wildman–Crippen MR) is 132 cm³/mol. The van der Waals surface area contributed by atoms with Crippen molar-refractivity contribution < 1.29 is 14.3 Å². The first-order valence-corrected chi connectivity index (χ1v) is 11.0. The number of nitriles is 1. The normalized spacial score (nSPS) is 10.8. The van der Waals surface area contributed by atoms with Crippen molar-refractivity contribution in [2.24, 2.45) is 0 Å². The van der Waals surface area contributed by atoms with Gasteiger partial charge >= 0.3 is 0 Å². The van der Waals surface area contributed by atoms with Gasteiger partial charge in [0.05, 0.1) is 0 Å². The lowest BCUT2D eigenvalue weighted by atomic mass is 10.1. The zero-order valence-corrected chi connectivity index (χ0v) is 19.7. The van der Waals surface area contributed by atoms with Gasteiger partial charge in [0.15, 0.2) is 6.61 Å². The fraction of sp³-hybridized carbons (Fsp3) is 0.0800. The topological polar surface area (TPSA) is 91.2 Å². The van der Waals surface area contributed by atoms with Gasteiger partial charge in [0.1, 0.15) is 17.4 Å². The monoisotopic (exact) mass is 523 g/mol. The van der Waals surface area contributed by atoms with Crippen LogP contribution in [0.25, 0.3) is 6.08 Å². The lowest BCUT2D eigenvalue weighted by Gasteiger charge is -2.11. The number of nitrogens with one attached hydrogen (secondary N) is 2. The molecule has 3 aromatic carbocycles. The van der Waals surface area contributed by atoms with E-state index >= 15 is 0 Å². The standard InChI is InChI=1S/C25H19BrClN3O3/c26-20-6-11-23(33-16-24(31)30-22-9-7-21(27)8-10-22)18(13-20)12-19(14-28)25(32)29-15-17-4-2-1-3-5-17/h1-13H,15-16H2,(H,29,32)(H,30,31)/b19-12+. The van der Waals surface area contributed by atoms with E-state index in [1.54, 1.807) is 42.5 Å². The Hall–Kier alpha value is -3.60. The SMILES string of the molecule is N#C/C(=C\c1cc(Br)ccc1OCC(=O)Nc1ccc(Cl)cc1)C(=O)NCc1ccccc1. The second-order valence-corrected chi connectivity index (χ2v) is 8.22. The predicted octanol–water partition coefficient (Wildman–Crippen LogP) is 5.34. The Balaban J connectivity index is 1.68. The highest BCUT2D eigenvalue weighted by atomic mass is 79.9. The number of carbonyl (C=O) groups excluding carboxylic acids is 2. The molecule has 0 spiro atoms.